The van der Waals surface area contributed by atoms with Crippen molar-refractivity contribution in [2.45, 2.75) is 39.0 Å². The minimum absolute atomic E-state index is 0.0301. The molecule has 0 heterocycles. The third-order valence-electron chi connectivity index (χ3n) is 3.30. The number of amides is 1. The molecule has 116 valence electrons. The lowest BCUT2D eigenvalue weighted by atomic mass is 9.85. The zero-order valence-electron chi connectivity index (χ0n) is 12.8. The molecule has 5 heteroatoms. The molecule has 1 aromatic rings. The summed E-state index contributed by atoms with van der Waals surface area (Å²) < 4.78 is 5.23. The van der Waals surface area contributed by atoms with E-state index in [2.05, 4.69) is 12.2 Å². The van der Waals surface area contributed by atoms with Crippen molar-refractivity contribution in [1.29, 1.82) is 0 Å². The van der Waals surface area contributed by atoms with Crippen LogP contribution < -0.4 is 5.32 Å². The van der Waals surface area contributed by atoms with Gasteiger partial charge in [-0.05, 0) is 38.0 Å². The van der Waals surface area contributed by atoms with E-state index in [1.165, 1.54) is 0 Å². The summed E-state index contributed by atoms with van der Waals surface area (Å²) in [5.41, 5.74) is 0.363. The Morgan fingerprint density at radius 1 is 1.24 bits per heavy atom. The standard InChI is InChI=1S/C16H23NO4/c1-4-5-10-21-11-14(18)17-13-8-6-12(7-9-13)16(2,3)15(19)20/h6-9H,4-5,10-11H2,1-3H3,(H,17,18)(H,19,20). The van der Waals surface area contributed by atoms with E-state index in [-0.39, 0.29) is 12.5 Å². The van der Waals surface area contributed by atoms with Gasteiger partial charge in [0.05, 0.1) is 5.41 Å². The fraction of sp³-hybridized carbons (Fsp3) is 0.500. The van der Waals surface area contributed by atoms with Gasteiger partial charge in [-0.1, -0.05) is 25.5 Å². The van der Waals surface area contributed by atoms with Gasteiger partial charge in [0.1, 0.15) is 6.61 Å². The normalized spacial score (nSPS) is 11.2. The van der Waals surface area contributed by atoms with E-state index >= 15 is 0 Å². The first-order valence-corrected chi connectivity index (χ1v) is 7.09. The number of carboxylic acid groups (broad SMARTS) is 1. The molecule has 1 amide bonds. The van der Waals surface area contributed by atoms with Crippen molar-refractivity contribution in [2.75, 3.05) is 18.5 Å². The van der Waals surface area contributed by atoms with Crippen LogP contribution in [0.4, 0.5) is 5.69 Å². The van der Waals surface area contributed by atoms with E-state index in [4.69, 9.17) is 9.84 Å². The Bertz CT molecular complexity index is 480. The molecule has 1 aromatic carbocycles. The van der Waals surface area contributed by atoms with Gasteiger partial charge in [0.25, 0.3) is 0 Å². The first-order valence-electron chi connectivity index (χ1n) is 7.09. The molecule has 5 nitrogen and oxygen atoms in total. The number of hydrogen-bond acceptors (Lipinski definition) is 3. The molecule has 0 unspecified atom stereocenters. The first-order chi connectivity index (χ1) is 9.87. The van der Waals surface area contributed by atoms with Crippen molar-refractivity contribution >= 4 is 17.6 Å². The molecule has 1 rings (SSSR count). The third kappa shape index (κ3) is 5.19. The highest BCUT2D eigenvalue weighted by Crippen LogP contribution is 2.24. The zero-order valence-corrected chi connectivity index (χ0v) is 12.8. The molecule has 0 spiro atoms. The van der Waals surface area contributed by atoms with Gasteiger partial charge in [-0.15, -0.1) is 0 Å². The van der Waals surface area contributed by atoms with Crippen LogP contribution in [0.5, 0.6) is 0 Å². The molecular formula is C16H23NO4. The fourth-order valence-electron chi connectivity index (χ4n) is 1.70. The van der Waals surface area contributed by atoms with Crippen molar-refractivity contribution in [3.8, 4) is 0 Å². The van der Waals surface area contributed by atoms with Crippen LogP contribution in [0, 0.1) is 0 Å². The summed E-state index contributed by atoms with van der Waals surface area (Å²) in [5.74, 6) is -1.10. The number of carboxylic acids is 1. The lowest BCUT2D eigenvalue weighted by molar-refractivity contribution is -0.142. The lowest BCUT2D eigenvalue weighted by Crippen LogP contribution is -2.28. The van der Waals surface area contributed by atoms with Crippen molar-refractivity contribution in [3.63, 3.8) is 0 Å². The average Bonchev–Trinajstić information content (AvgIpc) is 2.44. The lowest BCUT2D eigenvalue weighted by Gasteiger charge is -2.19. The maximum absolute atomic E-state index is 11.6. The van der Waals surface area contributed by atoms with E-state index in [1.54, 1.807) is 38.1 Å². The second kappa shape index (κ2) is 7.78. The van der Waals surface area contributed by atoms with E-state index in [1.807, 2.05) is 0 Å². The van der Waals surface area contributed by atoms with Gasteiger partial charge in [0, 0.05) is 12.3 Å². The Kier molecular flexibility index (Phi) is 6.37. The minimum atomic E-state index is -0.953. The van der Waals surface area contributed by atoms with Crippen LogP contribution in [0.1, 0.15) is 39.2 Å². The van der Waals surface area contributed by atoms with Crippen LogP contribution in [0.3, 0.4) is 0 Å². The molecule has 0 bridgehead atoms. The van der Waals surface area contributed by atoms with Gasteiger partial charge in [-0.25, -0.2) is 0 Å². The molecule has 2 N–H and O–H groups in total. The Morgan fingerprint density at radius 3 is 2.38 bits per heavy atom. The predicted octanol–water partition coefficient (Wildman–Crippen LogP) is 2.80. The number of unbranched alkanes of at least 4 members (excludes halogenated alkanes) is 1. The monoisotopic (exact) mass is 293 g/mol. The zero-order chi connectivity index (χ0) is 15.9. The number of anilines is 1. The summed E-state index contributed by atoms with van der Waals surface area (Å²) in [4.78, 5) is 22.8. The largest absolute Gasteiger partial charge is 0.481 e. The minimum Gasteiger partial charge on any atom is -0.481 e. The summed E-state index contributed by atoms with van der Waals surface area (Å²) in [5, 5.41) is 11.9. The van der Waals surface area contributed by atoms with E-state index < -0.39 is 11.4 Å². The van der Waals surface area contributed by atoms with E-state index in [0.717, 1.165) is 12.8 Å². The number of carbonyl (C=O) groups is 2. The topological polar surface area (TPSA) is 75.6 Å². The maximum atomic E-state index is 11.6. The summed E-state index contributed by atoms with van der Waals surface area (Å²) >= 11 is 0. The number of aliphatic carboxylic acids is 1. The van der Waals surface area contributed by atoms with Crippen LogP contribution in [0.25, 0.3) is 0 Å². The Hall–Kier alpha value is -1.88. The van der Waals surface area contributed by atoms with Crippen LogP contribution >= 0.6 is 0 Å². The van der Waals surface area contributed by atoms with Gasteiger partial charge in [-0.3, -0.25) is 9.59 Å². The van der Waals surface area contributed by atoms with Gasteiger partial charge in [-0.2, -0.15) is 0 Å². The molecular weight excluding hydrogens is 270 g/mol. The highest BCUT2D eigenvalue weighted by Gasteiger charge is 2.29. The Labute approximate surface area is 125 Å². The maximum Gasteiger partial charge on any atom is 0.313 e. The number of nitrogens with one attached hydrogen (secondary N) is 1. The highest BCUT2D eigenvalue weighted by molar-refractivity contribution is 5.91. The highest BCUT2D eigenvalue weighted by atomic mass is 16.5. The fourth-order valence-corrected chi connectivity index (χ4v) is 1.70. The van der Waals surface area contributed by atoms with Crippen LogP contribution in [0.15, 0.2) is 24.3 Å². The smallest absolute Gasteiger partial charge is 0.313 e. The third-order valence-corrected chi connectivity index (χ3v) is 3.30. The molecule has 0 fully saturated rings. The van der Waals surface area contributed by atoms with Gasteiger partial charge in [0.15, 0.2) is 0 Å². The molecule has 21 heavy (non-hydrogen) atoms. The molecule has 0 aliphatic rings. The number of carbonyl (C=O) groups excluding carboxylic acids is 1. The van der Waals surface area contributed by atoms with Crippen LogP contribution in [0.2, 0.25) is 0 Å². The van der Waals surface area contributed by atoms with Crippen molar-refractivity contribution in [3.05, 3.63) is 29.8 Å². The molecule has 0 saturated heterocycles. The SMILES string of the molecule is CCCCOCC(=O)Nc1ccc(C(C)(C)C(=O)O)cc1. The van der Waals surface area contributed by atoms with Gasteiger partial charge >= 0.3 is 5.97 Å². The van der Waals surface area contributed by atoms with Crippen molar-refractivity contribution in [2.24, 2.45) is 0 Å². The van der Waals surface area contributed by atoms with Crippen molar-refractivity contribution < 1.29 is 19.4 Å². The number of benzene rings is 1. The summed E-state index contributed by atoms with van der Waals surface area (Å²) in [6, 6.07) is 6.82. The molecule has 0 radical (unpaired) electrons. The Morgan fingerprint density at radius 2 is 1.86 bits per heavy atom. The molecule has 0 atom stereocenters. The predicted molar refractivity (Wildman–Crippen MR) is 81.5 cm³/mol. The number of hydrogen-bond donors (Lipinski definition) is 2. The van der Waals surface area contributed by atoms with Crippen molar-refractivity contribution in [1.82, 2.24) is 0 Å². The first kappa shape index (κ1) is 17.2. The average molecular weight is 293 g/mol. The molecule has 0 saturated carbocycles. The molecule has 0 aliphatic heterocycles. The molecule has 0 aliphatic carbocycles. The number of rotatable bonds is 8. The second-order valence-corrected chi connectivity index (χ2v) is 5.46. The summed E-state index contributed by atoms with van der Waals surface area (Å²) in [6.07, 6.45) is 1.97. The number of ether oxygens (including phenoxy) is 1. The molecule has 0 aromatic heterocycles. The van der Waals surface area contributed by atoms with Crippen LogP contribution in [-0.2, 0) is 19.7 Å². The second-order valence-electron chi connectivity index (χ2n) is 5.46. The summed E-state index contributed by atoms with van der Waals surface area (Å²) in [6.45, 7) is 5.95. The quantitative estimate of drug-likeness (QED) is 0.723. The van der Waals surface area contributed by atoms with Gasteiger partial charge in [0.2, 0.25) is 5.91 Å². The van der Waals surface area contributed by atoms with Crippen LogP contribution in [-0.4, -0.2) is 30.2 Å². The van der Waals surface area contributed by atoms with E-state index in [0.29, 0.717) is 17.9 Å². The van der Waals surface area contributed by atoms with Gasteiger partial charge < -0.3 is 15.2 Å². The van der Waals surface area contributed by atoms with E-state index in [9.17, 15) is 9.59 Å². The Balaban J connectivity index is 2.55. The summed E-state index contributed by atoms with van der Waals surface area (Å²) in [7, 11) is 0.